The second kappa shape index (κ2) is 1.09. The van der Waals surface area contributed by atoms with Crippen LogP contribution in [0.2, 0.25) is 0 Å². The summed E-state index contributed by atoms with van der Waals surface area (Å²) in [6.07, 6.45) is 1.98. The first-order valence-electron chi connectivity index (χ1n) is 2.45. The third kappa shape index (κ3) is 0.671. The molecule has 0 spiro atoms. The molecule has 0 atom stereocenters. The van der Waals surface area contributed by atoms with Crippen molar-refractivity contribution in [2.24, 2.45) is 5.41 Å². The van der Waals surface area contributed by atoms with Crippen LogP contribution in [-0.4, -0.2) is 5.78 Å². The van der Waals surface area contributed by atoms with Gasteiger partial charge in [0.15, 0.2) is 0 Å². The van der Waals surface area contributed by atoms with Crippen molar-refractivity contribution in [1.29, 1.82) is 0 Å². The van der Waals surface area contributed by atoms with Gasteiger partial charge in [-0.1, -0.05) is 6.92 Å². The smallest absolute Gasteiger partial charge is 0.143 e. The van der Waals surface area contributed by atoms with E-state index in [1.165, 1.54) is 0 Å². The Kier molecular flexibility index (Phi) is 0.748. The molecule has 0 N–H and O–H groups in total. The van der Waals surface area contributed by atoms with Crippen molar-refractivity contribution in [2.45, 2.75) is 19.8 Å². The summed E-state index contributed by atoms with van der Waals surface area (Å²) in [4.78, 5) is 10.3. The highest BCUT2D eigenvalue weighted by molar-refractivity contribution is 5.90. The molecule has 0 unspecified atom stereocenters. The molecule has 7 heavy (non-hydrogen) atoms. The summed E-state index contributed by atoms with van der Waals surface area (Å²) >= 11 is 0. The molecule has 0 aromatic rings. The molecule has 0 bridgehead atoms. The van der Waals surface area contributed by atoms with Crippen LogP contribution in [-0.2, 0) is 4.79 Å². The Balaban J connectivity index is 2.55. The van der Waals surface area contributed by atoms with Gasteiger partial charge in [0.25, 0.3) is 0 Å². The van der Waals surface area contributed by atoms with Crippen LogP contribution < -0.4 is 0 Å². The SMILES string of the molecule is [CH]C(=O)C1(C)CC1. The topological polar surface area (TPSA) is 17.1 Å². The van der Waals surface area contributed by atoms with E-state index in [1.807, 2.05) is 6.92 Å². The normalized spacial score (nSPS) is 24.3. The molecule has 1 aliphatic rings. The molecule has 1 aliphatic carbocycles. The first kappa shape index (κ1) is 4.82. The molecular formula is C6H8O. The highest BCUT2D eigenvalue weighted by Crippen LogP contribution is 2.45. The fourth-order valence-corrected chi connectivity index (χ4v) is 0.434. The van der Waals surface area contributed by atoms with Gasteiger partial charge in [0.2, 0.25) is 0 Å². The number of hydrogen-bond donors (Lipinski definition) is 0. The summed E-state index contributed by atoms with van der Waals surface area (Å²) in [5.41, 5.74) is -0.111. The summed E-state index contributed by atoms with van der Waals surface area (Å²) in [7, 11) is 0. The third-order valence-corrected chi connectivity index (χ3v) is 1.59. The molecule has 1 saturated carbocycles. The first-order valence-corrected chi connectivity index (χ1v) is 2.45. The molecule has 0 amide bonds. The summed E-state index contributed by atoms with van der Waals surface area (Å²) in [6.45, 7) is 6.89. The summed E-state index contributed by atoms with van der Waals surface area (Å²) in [6, 6.07) is 0. The fraction of sp³-hybridized carbons (Fsp3) is 0.667. The van der Waals surface area contributed by atoms with Crippen LogP contribution in [0.15, 0.2) is 0 Å². The van der Waals surface area contributed by atoms with E-state index in [2.05, 4.69) is 0 Å². The molecule has 0 heterocycles. The molecule has 1 nitrogen and oxygen atoms in total. The maximum atomic E-state index is 10.3. The first-order chi connectivity index (χ1) is 3.15. The van der Waals surface area contributed by atoms with Crippen molar-refractivity contribution in [3.05, 3.63) is 6.92 Å². The third-order valence-electron chi connectivity index (χ3n) is 1.59. The molecule has 0 aliphatic heterocycles. The van der Waals surface area contributed by atoms with Crippen molar-refractivity contribution in [3.63, 3.8) is 0 Å². The van der Waals surface area contributed by atoms with E-state index in [4.69, 9.17) is 6.92 Å². The Bertz CT molecular complexity index is 101. The van der Waals surface area contributed by atoms with Crippen LogP contribution in [0.3, 0.4) is 0 Å². The molecule has 1 rings (SSSR count). The maximum Gasteiger partial charge on any atom is 0.143 e. The monoisotopic (exact) mass is 96.1 g/mol. The quantitative estimate of drug-likeness (QED) is 0.477. The molecule has 0 aromatic heterocycles. The van der Waals surface area contributed by atoms with Gasteiger partial charge in [-0.05, 0) is 12.8 Å². The van der Waals surface area contributed by atoms with Crippen LogP contribution in [0.1, 0.15) is 19.8 Å². The predicted molar refractivity (Wildman–Crippen MR) is 26.6 cm³/mol. The molecule has 1 fully saturated rings. The lowest BCUT2D eigenvalue weighted by Crippen LogP contribution is -2.05. The van der Waals surface area contributed by atoms with Crippen LogP contribution >= 0.6 is 0 Å². The number of rotatable bonds is 1. The standard InChI is InChI=1S/C6H8O/c1-5(7)6(2)3-4-6/h1H,3-4H2,2H3. The van der Waals surface area contributed by atoms with E-state index in [0.717, 1.165) is 12.8 Å². The van der Waals surface area contributed by atoms with Gasteiger partial charge >= 0.3 is 0 Å². The Morgan fingerprint density at radius 3 is 2.14 bits per heavy atom. The molecule has 0 aromatic carbocycles. The van der Waals surface area contributed by atoms with Gasteiger partial charge < -0.3 is 0 Å². The summed E-state index contributed by atoms with van der Waals surface area (Å²) < 4.78 is 0. The van der Waals surface area contributed by atoms with Crippen molar-refractivity contribution in [1.82, 2.24) is 0 Å². The average molecular weight is 96.1 g/mol. The molecule has 2 radical (unpaired) electrons. The minimum absolute atomic E-state index is 0.111. The van der Waals surface area contributed by atoms with Gasteiger partial charge in [0.05, 0.1) is 0 Å². The van der Waals surface area contributed by atoms with E-state index in [9.17, 15) is 4.79 Å². The average Bonchev–Trinajstić information content (AvgIpc) is 2.21. The molecule has 1 heteroatoms. The lowest BCUT2D eigenvalue weighted by Gasteiger charge is -1.96. The van der Waals surface area contributed by atoms with Crippen molar-refractivity contribution in [3.8, 4) is 0 Å². The van der Waals surface area contributed by atoms with Crippen molar-refractivity contribution < 1.29 is 4.79 Å². The minimum atomic E-state index is -0.146. The number of carbonyl (C=O) groups excluding carboxylic acids is 1. The highest BCUT2D eigenvalue weighted by Gasteiger charge is 2.41. The van der Waals surface area contributed by atoms with Crippen LogP contribution in [0.5, 0.6) is 0 Å². The second-order valence-corrected chi connectivity index (χ2v) is 2.42. The molecule has 38 valence electrons. The van der Waals surface area contributed by atoms with Gasteiger partial charge in [-0.25, -0.2) is 0 Å². The lowest BCUT2D eigenvalue weighted by molar-refractivity contribution is -0.119. The van der Waals surface area contributed by atoms with Gasteiger partial charge in [-0.3, -0.25) is 4.79 Å². The zero-order chi connectivity index (χ0) is 5.49. The highest BCUT2D eigenvalue weighted by atomic mass is 16.1. The van der Waals surface area contributed by atoms with Gasteiger partial charge in [-0.2, -0.15) is 0 Å². The zero-order valence-corrected chi connectivity index (χ0v) is 4.40. The predicted octanol–water partition coefficient (Wildman–Crippen LogP) is 1.07. The van der Waals surface area contributed by atoms with Crippen molar-refractivity contribution >= 4 is 5.78 Å². The lowest BCUT2D eigenvalue weighted by atomic mass is 10.1. The van der Waals surface area contributed by atoms with Gasteiger partial charge in [0.1, 0.15) is 5.78 Å². The second-order valence-electron chi connectivity index (χ2n) is 2.42. The molecule has 0 saturated heterocycles. The van der Waals surface area contributed by atoms with Crippen LogP contribution in [0, 0.1) is 12.3 Å². The maximum absolute atomic E-state index is 10.3. The number of hydrogen-bond acceptors (Lipinski definition) is 1. The van der Waals surface area contributed by atoms with E-state index in [-0.39, 0.29) is 11.2 Å². The largest absolute Gasteiger partial charge is 0.299 e. The Labute approximate surface area is 43.7 Å². The van der Waals surface area contributed by atoms with Gasteiger partial charge in [-0.15, -0.1) is 0 Å². The van der Waals surface area contributed by atoms with Crippen LogP contribution in [0.25, 0.3) is 0 Å². The zero-order valence-electron chi connectivity index (χ0n) is 4.40. The summed E-state index contributed by atoms with van der Waals surface area (Å²) in [5, 5.41) is 0. The number of carbonyl (C=O) groups is 1. The van der Waals surface area contributed by atoms with E-state index >= 15 is 0 Å². The summed E-state index contributed by atoms with van der Waals surface area (Å²) in [5.74, 6) is -0.146. The number of ketones is 1. The number of Topliss-reactive ketones (excluding diaryl/α,β-unsaturated/α-hetero) is 1. The van der Waals surface area contributed by atoms with Gasteiger partial charge in [0, 0.05) is 12.3 Å². The van der Waals surface area contributed by atoms with E-state index in [1.54, 1.807) is 0 Å². The Hall–Kier alpha value is -0.330. The Morgan fingerprint density at radius 2 is 2.14 bits per heavy atom. The Morgan fingerprint density at radius 1 is 1.71 bits per heavy atom. The van der Waals surface area contributed by atoms with E-state index in [0.29, 0.717) is 0 Å². The molecular weight excluding hydrogens is 88.1 g/mol. The van der Waals surface area contributed by atoms with Crippen molar-refractivity contribution in [2.75, 3.05) is 0 Å². The van der Waals surface area contributed by atoms with Crippen LogP contribution in [0.4, 0.5) is 0 Å². The van der Waals surface area contributed by atoms with E-state index < -0.39 is 0 Å². The fourth-order valence-electron chi connectivity index (χ4n) is 0.434. The minimum Gasteiger partial charge on any atom is -0.299 e.